The molecule has 1 aromatic rings. The molecule has 1 amide bonds. The first-order valence-electron chi connectivity index (χ1n) is 10.0. The van der Waals surface area contributed by atoms with Gasteiger partial charge in [0.1, 0.15) is 11.9 Å². The van der Waals surface area contributed by atoms with Gasteiger partial charge in [-0.2, -0.15) is 0 Å². The van der Waals surface area contributed by atoms with Crippen LogP contribution in [-0.2, 0) is 14.9 Å². The summed E-state index contributed by atoms with van der Waals surface area (Å²) in [7, 11) is 1.77. The van der Waals surface area contributed by atoms with Crippen LogP contribution in [0.2, 0.25) is 0 Å². The molecule has 2 aliphatic rings. The van der Waals surface area contributed by atoms with Gasteiger partial charge in [-0.1, -0.05) is 26.0 Å². The molecule has 2 aliphatic heterocycles. The van der Waals surface area contributed by atoms with E-state index in [0.29, 0.717) is 26.2 Å². The van der Waals surface area contributed by atoms with Crippen molar-refractivity contribution in [3.8, 4) is 0 Å². The minimum atomic E-state index is -0.250. The molecule has 29 heavy (non-hydrogen) atoms. The fourth-order valence-corrected chi connectivity index (χ4v) is 3.75. The molecule has 8 heteroatoms. The molecule has 2 heterocycles. The van der Waals surface area contributed by atoms with Gasteiger partial charge in [0.25, 0.3) is 5.91 Å². The molecule has 0 saturated carbocycles. The normalized spacial score (nSPS) is 20.4. The zero-order chi connectivity index (χ0) is 20.1. The maximum atomic E-state index is 13.2. The second-order valence-electron chi connectivity index (χ2n) is 8.11. The maximum absolute atomic E-state index is 13.2. The van der Waals surface area contributed by atoms with Gasteiger partial charge in [-0.15, -0.1) is 24.0 Å². The van der Waals surface area contributed by atoms with E-state index in [1.165, 1.54) is 12.1 Å². The Hall–Kier alpha value is -1.42. The van der Waals surface area contributed by atoms with Crippen LogP contribution in [0, 0.1) is 5.82 Å². The van der Waals surface area contributed by atoms with Gasteiger partial charge in [-0.05, 0) is 30.5 Å². The molecule has 2 fully saturated rings. The zero-order valence-electron chi connectivity index (χ0n) is 17.5. The van der Waals surface area contributed by atoms with Crippen LogP contribution in [0.5, 0.6) is 0 Å². The van der Waals surface area contributed by atoms with Crippen LogP contribution in [-0.4, -0.2) is 74.1 Å². The SMILES string of the molecule is CN=C(NCC(C)(C)c1ccc(F)cc1)N1CCN(C(=O)C2CCCO2)CC1.I. The van der Waals surface area contributed by atoms with Gasteiger partial charge in [-0.3, -0.25) is 9.79 Å². The Morgan fingerprint density at radius 1 is 1.21 bits per heavy atom. The van der Waals surface area contributed by atoms with Gasteiger partial charge in [0.15, 0.2) is 5.96 Å². The van der Waals surface area contributed by atoms with Crippen molar-refractivity contribution < 1.29 is 13.9 Å². The predicted octanol–water partition coefficient (Wildman–Crippen LogP) is 2.62. The molecule has 3 rings (SSSR count). The van der Waals surface area contributed by atoms with Crippen molar-refractivity contribution in [3.05, 3.63) is 35.6 Å². The van der Waals surface area contributed by atoms with Crippen LogP contribution < -0.4 is 5.32 Å². The van der Waals surface area contributed by atoms with E-state index in [1.54, 1.807) is 7.05 Å². The van der Waals surface area contributed by atoms with Crippen LogP contribution >= 0.6 is 24.0 Å². The lowest BCUT2D eigenvalue weighted by Gasteiger charge is -2.38. The van der Waals surface area contributed by atoms with Crippen molar-refractivity contribution >= 4 is 35.8 Å². The molecule has 1 unspecified atom stereocenters. The summed E-state index contributed by atoms with van der Waals surface area (Å²) in [5.74, 6) is 0.732. The summed E-state index contributed by atoms with van der Waals surface area (Å²) in [4.78, 5) is 21.0. The van der Waals surface area contributed by atoms with Crippen LogP contribution in [0.4, 0.5) is 4.39 Å². The first-order valence-corrected chi connectivity index (χ1v) is 10.0. The molecule has 0 spiro atoms. The summed E-state index contributed by atoms with van der Waals surface area (Å²) < 4.78 is 18.7. The molecular formula is C21H32FIN4O2. The number of nitrogens with one attached hydrogen (secondary N) is 1. The third-order valence-corrected chi connectivity index (χ3v) is 5.62. The third-order valence-electron chi connectivity index (χ3n) is 5.62. The maximum Gasteiger partial charge on any atom is 0.251 e. The Bertz CT molecular complexity index is 697. The molecule has 1 N–H and O–H groups in total. The number of aliphatic imine (C=N–C) groups is 1. The number of rotatable bonds is 4. The van der Waals surface area contributed by atoms with Crippen LogP contribution in [0.15, 0.2) is 29.3 Å². The number of hydrogen-bond donors (Lipinski definition) is 1. The molecule has 162 valence electrons. The van der Waals surface area contributed by atoms with E-state index in [1.807, 2.05) is 17.0 Å². The summed E-state index contributed by atoms with van der Waals surface area (Å²) in [5.41, 5.74) is 0.908. The molecular weight excluding hydrogens is 486 g/mol. The minimum absolute atomic E-state index is 0. The Labute approximate surface area is 189 Å². The van der Waals surface area contributed by atoms with Crippen molar-refractivity contribution in [3.63, 3.8) is 0 Å². The summed E-state index contributed by atoms with van der Waals surface area (Å²) in [5, 5.41) is 3.45. The number of carbonyl (C=O) groups excluding carboxylic acids is 1. The van der Waals surface area contributed by atoms with Crippen molar-refractivity contribution in [2.45, 2.75) is 38.2 Å². The zero-order valence-corrected chi connectivity index (χ0v) is 19.8. The van der Waals surface area contributed by atoms with Crippen molar-refractivity contribution in [1.29, 1.82) is 0 Å². The first-order chi connectivity index (χ1) is 13.4. The topological polar surface area (TPSA) is 57.2 Å². The van der Waals surface area contributed by atoms with Crippen molar-refractivity contribution in [1.82, 2.24) is 15.1 Å². The largest absolute Gasteiger partial charge is 0.368 e. The third kappa shape index (κ3) is 6.04. The van der Waals surface area contributed by atoms with E-state index in [4.69, 9.17) is 4.74 Å². The van der Waals surface area contributed by atoms with Gasteiger partial charge in [0.05, 0.1) is 0 Å². The van der Waals surface area contributed by atoms with E-state index >= 15 is 0 Å². The van der Waals surface area contributed by atoms with Gasteiger partial charge >= 0.3 is 0 Å². The Kier molecular flexibility index (Phi) is 8.69. The number of guanidine groups is 1. The molecule has 1 aromatic carbocycles. The van der Waals surface area contributed by atoms with Gasteiger partial charge in [-0.25, -0.2) is 4.39 Å². The molecule has 0 aliphatic carbocycles. The fourth-order valence-electron chi connectivity index (χ4n) is 3.75. The van der Waals surface area contributed by atoms with Gasteiger partial charge in [0.2, 0.25) is 0 Å². The molecule has 1 atom stereocenters. The lowest BCUT2D eigenvalue weighted by molar-refractivity contribution is -0.142. The highest BCUT2D eigenvalue weighted by Crippen LogP contribution is 2.22. The minimum Gasteiger partial charge on any atom is -0.368 e. The summed E-state index contributed by atoms with van der Waals surface area (Å²) in [6.07, 6.45) is 1.55. The number of halogens is 2. The predicted molar refractivity (Wildman–Crippen MR) is 123 cm³/mol. The second kappa shape index (κ2) is 10.6. The number of nitrogens with zero attached hydrogens (tertiary/aromatic N) is 3. The average Bonchev–Trinajstić information content (AvgIpc) is 3.23. The molecule has 0 bridgehead atoms. The van der Waals surface area contributed by atoms with Crippen LogP contribution in [0.1, 0.15) is 32.3 Å². The van der Waals surface area contributed by atoms with E-state index in [2.05, 4.69) is 29.1 Å². The van der Waals surface area contributed by atoms with Crippen molar-refractivity contribution in [2.24, 2.45) is 4.99 Å². The first kappa shape index (κ1) is 23.9. The lowest BCUT2D eigenvalue weighted by Crippen LogP contribution is -2.56. The van der Waals surface area contributed by atoms with Gasteiger partial charge in [0, 0.05) is 51.8 Å². The highest BCUT2D eigenvalue weighted by molar-refractivity contribution is 14.0. The summed E-state index contributed by atoms with van der Waals surface area (Å²) >= 11 is 0. The smallest absolute Gasteiger partial charge is 0.251 e. The Balaban J connectivity index is 0.00000300. The summed E-state index contributed by atoms with van der Waals surface area (Å²) in [6, 6.07) is 6.65. The van der Waals surface area contributed by atoms with Gasteiger partial charge < -0.3 is 19.9 Å². The molecule has 0 radical (unpaired) electrons. The van der Waals surface area contributed by atoms with E-state index in [9.17, 15) is 9.18 Å². The molecule has 2 saturated heterocycles. The fraction of sp³-hybridized carbons (Fsp3) is 0.619. The second-order valence-corrected chi connectivity index (χ2v) is 8.11. The Morgan fingerprint density at radius 2 is 1.83 bits per heavy atom. The van der Waals surface area contributed by atoms with Crippen LogP contribution in [0.3, 0.4) is 0 Å². The van der Waals surface area contributed by atoms with E-state index in [0.717, 1.165) is 37.5 Å². The number of piperazine rings is 1. The lowest BCUT2D eigenvalue weighted by atomic mass is 9.84. The van der Waals surface area contributed by atoms with E-state index in [-0.39, 0.29) is 47.2 Å². The monoisotopic (exact) mass is 518 g/mol. The standard InChI is InChI=1S/C21H31FN4O2.HI/c1-21(2,16-6-8-17(22)9-7-16)15-24-20(23-3)26-12-10-25(11-13-26)19(27)18-5-4-14-28-18;/h6-9,18H,4-5,10-15H2,1-3H3,(H,23,24);1H. The summed E-state index contributed by atoms with van der Waals surface area (Å²) in [6.45, 7) is 8.47. The molecule has 0 aromatic heterocycles. The quantitative estimate of drug-likeness (QED) is 0.379. The number of ether oxygens (including phenoxy) is 1. The van der Waals surface area contributed by atoms with E-state index < -0.39 is 0 Å². The Morgan fingerprint density at radius 3 is 2.38 bits per heavy atom. The average molecular weight is 518 g/mol. The molecule has 6 nitrogen and oxygen atoms in total. The number of hydrogen-bond acceptors (Lipinski definition) is 3. The number of carbonyl (C=O) groups is 1. The highest BCUT2D eigenvalue weighted by atomic mass is 127. The number of benzene rings is 1. The number of amides is 1. The van der Waals surface area contributed by atoms with Crippen molar-refractivity contribution in [2.75, 3.05) is 46.4 Å². The van der Waals surface area contributed by atoms with Crippen LogP contribution in [0.25, 0.3) is 0 Å². The highest BCUT2D eigenvalue weighted by Gasteiger charge is 2.31.